The van der Waals surface area contributed by atoms with Crippen LogP contribution in [-0.2, 0) is 0 Å². The van der Waals surface area contributed by atoms with Gasteiger partial charge in [0.25, 0.3) is 0 Å². The van der Waals surface area contributed by atoms with Gasteiger partial charge in [-0.15, -0.1) is 0 Å². The summed E-state index contributed by atoms with van der Waals surface area (Å²) >= 11 is 0. The highest BCUT2D eigenvalue weighted by Gasteiger charge is 2.07. The molecule has 0 aliphatic rings. The number of rotatable bonds is 18. The Hall–Kier alpha value is -4.44. The van der Waals surface area contributed by atoms with E-state index in [4.69, 9.17) is 18.9 Å². The average Bonchev–Trinajstić information content (AvgIpc) is 2.99. The van der Waals surface area contributed by atoms with Gasteiger partial charge in [0.2, 0.25) is 0 Å². The van der Waals surface area contributed by atoms with Gasteiger partial charge in [0.05, 0.1) is 27.4 Å². The molecule has 2 aromatic carbocycles. The summed E-state index contributed by atoms with van der Waals surface area (Å²) < 4.78 is 23.1. The van der Waals surface area contributed by atoms with E-state index in [0.29, 0.717) is 13.2 Å². The molecule has 0 spiro atoms. The SMILES string of the molecule is C=C/C=C(\C=C/C)/C=C/c1ccc(OCCCCCOc2ccc(/C=C/C(/C=C\C)=C/C=C)cc2OC)c(OC)c1. The Labute approximate surface area is 247 Å². The average molecular weight is 553 g/mol. The summed E-state index contributed by atoms with van der Waals surface area (Å²) in [6, 6.07) is 11.9. The predicted octanol–water partition coefficient (Wildman–Crippen LogP) is 9.74. The zero-order valence-electron chi connectivity index (χ0n) is 25.0. The van der Waals surface area contributed by atoms with Crippen LogP contribution in [0, 0.1) is 0 Å². The normalized spacial score (nSPS) is 12.5. The lowest BCUT2D eigenvalue weighted by Gasteiger charge is -2.12. The minimum atomic E-state index is 0.610. The molecule has 0 fully saturated rings. The van der Waals surface area contributed by atoms with E-state index in [0.717, 1.165) is 64.5 Å². The van der Waals surface area contributed by atoms with Crippen LogP contribution in [0.5, 0.6) is 23.0 Å². The minimum absolute atomic E-state index is 0.610. The zero-order valence-corrected chi connectivity index (χ0v) is 25.0. The largest absolute Gasteiger partial charge is 0.493 e. The standard InChI is InChI=1S/C37H44O4/c1-7-14-30(15-8-2)18-20-32-22-24-34(36(28-32)38-5)40-26-12-11-13-27-41-35-25-23-33(29-37(35)39-6)21-19-31(16-9-3)17-10-4/h7-10,14-25,28-29H,1,3,11-13,26-27H2,2,4-6H3/b15-8-,17-10-,20-18+,21-19+,30-14+,31-16+. The Morgan fingerprint density at radius 3 is 1.41 bits per heavy atom. The summed E-state index contributed by atoms with van der Waals surface area (Å²) in [6.45, 7) is 12.7. The molecule has 0 aliphatic heterocycles. The molecule has 0 aromatic heterocycles. The smallest absolute Gasteiger partial charge is 0.161 e. The van der Waals surface area contributed by atoms with Gasteiger partial charge in [-0.25, -0.2) is 0 Å². The van der Waals surface area contributed by atoms with Crippen LogP contribution >= 0.6 is 0 Å². The van der Waals surface area contributed by atoms with Gasteiger partial charge in [-0.05, 0) is 79.6 Å². The molecule has 2 aromatic rings. The van der Waals surface area contributed by atoms with E-state index in [2.05, 4.69) is 13.2 Å². The van der Waals surface area contributed by atoms with Crippen LogP contribution in [0.1, 0.15) is 44.2 Å². The van der Waals surface area contributed by atoms with E-state index >= 15 is 0 Å². The second kappa shape index (κ2) is 19.6. The maximum atomic E-state index is 6.00. The van der Waals surface area contributed by atoms with Crippen molar-refractivity contribution < 1.29 is 18.9 Å². The van der Waals surface area contributed by atoms with Crippen LogP contribution in [0.4, 0.5) is 0 Å². The Kier molecular flexibility index (Phi) is 15.7. The van der Waals surface area contributed by atoms with Crippen LogP contribution in [0.15, 0.2) is 121 Å². The highest BCUT2D eigenvalue weighted by molar-refractivity contribution is 5.60. The second-order valence-electron chi connectivity index (χ2n) is 9.05. The van der Waals surface area contributed by atoms with E-state index in [1.165, 1.54) is 0 Å². The molecule has 0 amide bonds. The van der Waals surface area contributed by atoms with Crippen molar-refractivity contribution in [1.82, 2.24) is 0 Å². The molecule has 0 aliphatic carbocycles. The molecule has 0 N–H and O–H groups in total. The van der Waals surface area contributed by atoms with Crippen molar-refractivity contribution in [2.45, 2.75) is 33.1 Å². The highest BCUT2D eigenvalue weighted by atomic mass is 16.5. The number of ether oxygens (including phenoxy) is 4. The maximum absolute atomic E-state index is 6.00. The summed E-state index contributed by atoms with van der Waals surface area (Å²) in [5, 5.41) is 0. The van der Waals surface area contributed by atoms with E-state index in [1.807, 2.05) is 111 Å². The van der Waals surface area contributed by atoms with E-state index in [9.17, 15) is 0 Å². The fourth-order valence-electron chi connectivity index (χ4n) is 3.93. The predicted molar refractivity (Wildman–Crippen MR) is 175 cm³/mol. The summed E-state index contributed by atoms with van der Waals surface area (Å²) in [5.41, 5.74) is 4.22. The van der Waals surface area contributed by atoms with E-state index in [1.54, 1.807) is 26.4 Å². The number of hydrogen-bond donors (Lipinski definition) is 0. The molecule has 216 valence electrons. The van der Waals surface area contributed by atoms with Gasteiger partial charge in [-0.3, -0.25) is 0 Å². The topological polar surface area (TPSA) is 36.9 Å². The lowest BCUT2D eigenvalue weighted by Crippen LogP contribution is -2.02. The summed E-state index contributed by atoms with van der Waals surface area (Å²) in [5.74, 6) is 2.92. The molecule has 0 radical (unpaired) electrons. The molecular formula is C37H44O4. The number of methoxy groups -OCH3 is 2. The summed E-state index contributed by atoms with van der Waals surface area (Å²) in [4.78, 5) is 0. The van der Waals surface area contributed by atoms with Crippen LogP contribution in [0.3, 0.4) is 0 Å². The number of hydrogen-bond acceptors (Lipinski definition) is 4. The van der Waals surface area contributed by atoms with Crippen LogP contribution < -0.4 is 18.9 Å². The van der Waals surface area contributed by atoms with Crippen LogP contribution in [0.25, 0.3) is 12.2 Å². The highest BCUT2D eigenvalue weighted by Crippen LogP contribution is 2.30. The second-order valence-corrected chi connectivity index (χ2v) is 9.05. The Balaban J connectivity index is 1.82. The third-order valence-electron chi connectivity index (χ3n) is 5.95. The lowest BCUT2D eigenvalue weighted by molar-refractivity contribution is 0.264. The molecule has 0 unspecified atom stereocenters. The summed E-state index contributed by atoms with van der Waals surface area (Å²) in [7, 11) is 3.32. The van der Waals surface area contributed by atoms with Gasteiger partial charge >= 0.3 is 0 Å². The molecular weight excluding hydrogens is 508 g/mol. The van der Waals surface area contributed by atoms with Gasteiger partial charge in [0.1, 0.15) is 0 Å². The first-order chi connectivity index (χ1) is 20.1. The third kappa shape index (κ3) is 12.1. The molecule has 0 bridgehead atoms. The molecule has 4 heteroatoms. The molecule has 0 heterocycles. The molecule has 2 rings (SSSR count). The Morgan fingerprint density at radius 2 is 1.05 bits per heavy atom. The van der Waals surface area contributed by atoms with Crippen molar-refractivity contribution >= 4 is 12.2 Å². The van der Waals surface area contributed by atoms with Crippen LogP contribution in [0.2, 0.25) is 0 Å². The molecule has 0 saturated carbocycles. The van der Waals surface area contributed by atoms with E-state index < -0.39 is 0 Å². The first-order valence-electron chi connectivity index (χ1n) is 14.0. The monoisotopic (exact) mass is 552 g/mol. The first-order valence-corrected chi connectivity index (χ1v) is 14.0. The lowest BCUT2D eigenvalue weighted by atomic mass is 10.1. The Bertz CT molecular complexity index is 1190. The minimum Gasteiger partial charge on any atom is -0.493 e. The molecule has 0 atom stereocenters. The van der Waals surface area contributed by atoms with Gasteiger partial charge < -0.3 is 18.9 Å². The zero-order chi connectivity index (χ0) is 29.7. The van der Waals surface area contributed by atoms with Crippen molar-refractivity contribution in [3.8, 4) is 23.0 Å². The molecule has 4 nitrogen and oxygen atoms in total. The fourth-order valence-corrected chi connectivity index (χ4v) is 3.93. The quantitative estimate of drug-likeness (QED) is 0.136. The van der Waals surface area contributed by atoms with Crippen molar-refractivity contribution in [2.24, 2.45) is 0 Å². The first kappa shape index (κ1) is 32.8. The summed E-state index contributed by atoms with van der Waals surface area (Å²) in [6.07, 6.45) is 26.6. The molecule has 0 saturated heterocycles. The van der Waals surface area contributed by atoms with Crippen molar-refractivity contribution in [1.29, 1.82) is 0 Å². The number of unbranched alkanes of at least 4 members (excludes halogenated alkanes) is 2. The van der Waals surface area contributed by atoms with E-state index in [-0.39, 0.29) is 0 Å². The van der Waals surface area contributed by atoms with Crippen molar-refractivity contribution in [3.63, 3.8) is 0 Å². The van der Waals surface area contributed by atoms with Gasteiger partial charge in [-0.2, -0.15) is 0 Å². The number of allylic oxidation sites excluding steroid dienone is 12. The van der Waals surface area contributed by atoms with Crippen molar-refractivity contribution in [3.05, 3.63) is 133 Å². The third-order valence-corrected chi connectivity index (χ3v) is 5.95. The van der Waals surface area contributed by atoms with Gasteiger partial charge in [-0.1, -0.05) is 98.2 Å². The van der Waals surface area contributed by atoms with Crippen molar-refractivity contribution in [2.75, 3.05) is 27.4 Å². The molecule has 41 heavy (non-hydrogen) atoms. The number of benzene rings is 2. The fraction of sp³-hybridized carbons (Fsp3) is 0.243. The maximum Gasteiger partial charge on any atom is 0.161 e. The Morgan fingerprint density at radius 1 is 0.610 bits per heavy atom. The van der Waals surface area contributed by atoms with Gasteiger partial charge in [0.15, 0.2) is 23.0 Å². The van der Waals surface area contributed by atoms with Crippen LogP contribution in [-0.4, -0.2) is 27.4 Å². The van der Waals surface area contributed by atoms with Gasteiger partial charge in [0, 0.05) is 0 Å².